The van der Waals surface area contributed by atoms with Crippen LogP contribution in [0, 0.1) is 11.7 Å². The molecule has 4 aromatic rings. The van der Waals surface area contributed by atoms with Crippen LogP contribution in [0.3, 0.4) is 0 Å². The predicted molar refractivity (Wildman–Crippen MR) is 118 cm³/mol. The number of aromatic amines is 1. The fraction of sp³-hybridized carbons (Fsp3) is 0.364. The predicted octanol–water partition coefficient (Wildman–Crippen LogP) is 3.73. The molecule has 1 aliphatic rings. The Morgan fingerprint density at radius 1 is 1.34 bits per heavy atom. The van der Waals surface area contributed by atoms with Crippen LogP contribution in [0.25, 0.3) is 27.8 Å². The molecule has 8 nitrogen and oxygen atoms in total. The van der Waals surface area contributed by atoms with Gasteiger partial charge in [0.2, 0.25) is 5.91 Å². The molecule has 2 N–H and O–H groups in total. The molecule has 0 radical (unpaired) electrons. The highest BCUT2D eigenvalue weighted by Gasteiger charge is 2.43. The van der Waals surface area contributed by atoms with Crippen molar-refractivity contribution >= 4 is 34.0 Å². The summed E-state index contributed by atoms with van der Waals surface area (Å²) in [6.45, 7) is 4.51. The highest BCUT2D eigenvalue weighted by molar-refractivity contribution is 6.02. The largest absolute Gasteiger partial charge is 0.371 e. The van der Waals surface area contributed by atoms with Gasteiger partial charge in [-0.2, -0.15) is 5.10 Å². The molecule has 0 saturated heterocycles. The maximum Gasteiger partial charge on any atom is 0.231 e. The summed E-state index contributed by atoms with van der Waals surface area (Å²) >= 11 is 0. The summed E-state index contributed by atoms with van der Waals surface area (Å²) in [5.41, 5.74) is 3.40. The van der Waals surface area contributed by atoms with Gasteiger partial charge in [0.1, 0.15) is 6.17 Å². The van der Waals surface area contributed by atoms with Gasteiger partial charge in [0, 0.05) is 30.7 Å². The van der Waals surface area contributed by atoms with Crippen molar-refractivity contribution in [1.29, 1.82) is 0 Å². The second kappa shape index (κ2) is 7.54. The Morgan fingerprint density at radius 3 is 2.81 bits per heavy atom. The molecule has 2 unspecified atom stereocenters. The number of alkyl halides is 1. The number of imidazole rings is 1. The fourth-order valence-corrected chi connectivity index (χ4v) is 4.07. The normalized spacial score (nSPS) is 17.8. The van der Waals surface area contributed by atoms with Crippen molar-refractivity contribution < 1.29 is 13.6 Å². The third-order valence-electron chi connectivity index (χ3n) is 6.03. The summed E-state index contributed by atoms with van der Waals surface area (Å²) in [4.78, 5) is 22.7. The zero-order valence-electron chi connectivity index (χ0n) is 18.0. The average Bonchev–Trinajstić information content (AvgIpc) is 3.15. The van der Waals surface area contributed by atoms with Crippen LogP contribution in [-0.4, -0.2) is 50.2 Å². The first-order valence-electron chi connectivity index (χ1n) is 10.6. The van der Waals surface area contributed by atoms with Gasteiger partial charge in [-0.15, -0.1) is 0 Å². The van der Waals surface area contributed by atoms with E-state index in [1.165, 1.54) is 0 Å². The number of carbonyl (C=O) groups excluding carboxylic acids is 1. The number of fused-ring (bicyclic) bond motifs is 2. The first kappa shape index (κ1) is 20.3. The van der Waals surface area contributed by atoms with E-state index in [4.69, 9.17) is 0 Å². The van der Waals surface area contributed by atoms with Crippen LogP contribution in [0.15, 0.2) is 24.8 Å². The molecule has 3 aromatic heterocycles. The van der Waals surface area contributed by atoms with Gasteiger partial charge >= 0.3 is 0 Å². The number of anilines is 2. The smallest absolute Gasteiger partial charge is 0.231 e. The van der Waals surface area contributed by atoms with Gasteiger partial charge < -0.3 is 14.6 Å². The van der Waals surface area contributed by atoms with E-state index in [0.29, 0.717) is 52.5 Å². The average molecular weight is 439 g/mol. The molecule has 0 aliphatic heterocycles. The molecule has 1 aliphatic carbocycles. The van der Waals surface area contributed by atoms with Gasteiger partial charge in [0.25, 0.3) is 0 Å². The lowest BCUT2D eigenvalue weighted by atomic mass is 9.96. The van der Waals surface area contributed by atoms with Gasteiger partial charge in [-0.05, 0) is 25.3 Å². The summed E-state index contributed by atoms with van der Waals surface area (Å²) in [7, 11) is 1.84. The maximum absolute atomic E-state index is 15.6. The maximum atomic E-state index is 15.6. The number of nitrogens with zero attached hydrogens (tertiary/aromatic N) is 5. The van der Waals surface area contributed by atoms with E-state index in [1.807, 2.05) is 25.8 Å². The van der Waals surface area contributed by atoms with Crippen LogP contribution in [0.5, 0.6) is 0 Å². The van der Waals surface area contributed by atoms with E-state index in [-0.39, 0.29) is 18.1 Å². The minimum atomic E-state index is -1.07. The molecule has 1 saturated carbocycles. The minimum Gasteiger partial charge on any atom is -0.371 e. The van der Waals surface area contributed by atoms with Gasteiger partial charge in [-0.1, -0.05) is 6.92 Å². The Kier molecular flexibility index (Phi) is 4.79. The number of hydrogen-bond acceptors (Lipinski definition) is 5. The van der Waals surface area contributed by atoms with Crippen molar-refractivity contribution in [3.63, 3.8) is 0 Å². The van der Waals surface area contributed by atoms with Crippen molar-refractivity contribution in [2.75, 3.05) is 23.8 Å². The number of H-pyrrole nitrogens is 1. The molecular formula is C22H23F2N7O. The van der Waals surface area contributed by atoms with Gasteiger partial charge in [0.15, 0.2) is 17.3 Å². The Hall–Kier alpha value is -3.56. The minimum absolute atomic E-state index is 0.250. The first-order chi connectivity index (χ1) is 15.4. The van der Waals surface area contributed by atoms with Crippen molar-refractivity contribution in [3.05, 3.63) is 36.2 Å². The van der Waals surface area contributed by atoms with E-state index >= 15 is 4.39 Å². The topological polar surface area (TPSA) is 91.2 Å². The molecular weight excluding hydrogens is 416 g/mol. The van der Waals surface area contributed by atoms with E-state index in [1.54, 1.807) is 29.2 Å². The van der Waals surface area contributed by atoms with E-state index in [9.17, 15) is 9.18 Å². The van der Waals surface area contributed by atoms with Crippen LogP contribution in [0.4, 0.5) is 20.3 Å². The first-order valence-corrected chi connectivity index (χ1v) is 10.6. The zero-order valence-corrected chi connectivity index (χ0v) is 18.0. The highest BCUT2D eigenvalue weighted by atomic mass is 19.1. The summed E-state index contributed by atoms with van der Waals surface area (Å²) in [5.74, 6) is -0.949. The summed E-state index contributed by atoms with van der Waals surface area (Å²) in [6.07, 6.45) is 6.29. The standard InChI is InChI=1S/C22H23F2N7O/c1-4-11-18(13-7-26-29-20(13)21(19(11)24)30(3)5-2)15-9-31-10-16(27-17(31)8-25-15)28-22(32)12-6-14(12)23/h7-10,12,14H,4-6H2,1-3H3,(H,26,29)(H,28,32). The number of nitrogens with one attached hydrogen (secondary N) is 2. The van der Waals surface area contributed by atoms with Crippen molar-refractivity contribution in [2.24, 2.45) is 5.92 Å². The molecule has 10 heteroatoms. The number of benzene rings is 1. The third-order valence-corrected chi connectivity index (χ3v) is 6.03. The molecule has 5 rings (SSSR count). The summed E-state index contributed by atoms with van der Waals surface area (Å²) < 4.78 is 30.5. The quantitative estimate of drug-likeness (QED) is 0.478. The molecule has 166 valence electrons. The molecule has 1 fully saturated rings. The Morgan fingerprint density at radius 2 is 2.12 bits per heavy atom. The number of hydrogen-bond donors (Lipinski definition) is 2. The number of amides is 1. The molecule has 3 heterocycles. The number of carbonyl (C=O) groups is 1. The van der Waals surface area contributed by atoms with Gasteiger partial charge in [-0.3, -0.25) is 14.9 Å². The van der Waals surface area contributed by atoms with E-state index in [2.05, 4.69) is 25.5 Å². The Labute approximate surface area is 182 Å². The zero-order chi connectivity index (χ0) is 22.6. The number of aromatic nitrogens is 5. The molecule has 2 atom stereocenters. The van der Waals surface area contributed by atoms with E-state index < -0.39 is 12.1 Å². The van der Waals surface area contributed by atoms with Crippen LogP contribution < -0.4 is 10.2 Å². The molecule has 1 amide bonds. The van der Waals surface area contributed by atoms with Crippen molar-refractivity contribution in [2.45, 2.75) is 32.9 Å². The van der Waals surface area contributed by atoms with Crippen molar-refractivity contribution in [1.82, 2.24) is 24.6 Å². The van der Waals surface area contributed by atoms with Crippen LogP contribution >= 0.6 is 0 Å². The monoisotopic (exact) mass is 439 g/mol. The lowest BCUT2D eigenvalue weighted by Crippen LogP contribution is -2.19. The summed E-state index contributed by atoms with van der Waals surface area (Å²) in [5, 5.41) is 10.5. The summed E-state index contributed by atoms with van der Waals surface area (Å²) in [6, 6.07) is 0. The molecule has 32 heavy (non-hydrogen) atoms. The Balaban J connectivity index is 1.61. The lowest BCUT2D eigenvalue weighted by molar-refractivity contribution is -0.117. The van der Waals surface area contributed by atoms with Crippen LogP contribution in [-0.2, 0) is 11.2 Å². The molecule has 0 spiro atoms. The van der Waals surface area contributed by atoms with Crippen LogP contribution in [0.1, 0.15) is 25.8 Å². The lowest BCUT2D eigenvalue weighted by Gasteiger charge is -2.22. The second-order valence-corrected chi connectivity index (χ2v) is 8.05. The molecule has 1 aromatic carbocycles. The second-order valence-electron chi connectivity index (χ2n) is 8.05. The highest BCUT2D eigenvalue weighted by Crippen LogP contribution is 2.39. The number of halogens is 2. The Bertz CT molecular complexity index is 1350. The SMILES string of the molecule is CCc1c(F)c(N(C)CC)c2[nH]ncc2c1-c1cn2cc(NC(=O)C3CC3F)nc2cn1. The van der Waals surface area contributed by atoms with Crippen LogP contribution in [0.2, 0.25) is 0 Å². The fourth-order valence-electron chi connectivity index (χ4n) is 4.07. The van der Waals surface area contributed by atoms with Crippen molar-refractivity contribution in [3.8, 4) is 11.3 Å². The molecule has 0 bridgehead atoms. The van der Waals surface area contributed by atoms with Gasteiger partial charge in [-0.25, -0.2) is 13.8 Å². The number of rotatable bonds is 6. The van der Waals surface area contributed by atoms with Gasteiger partial charge in [0.05, 0.1) is 41.4 Å². The third kappa shape index (κ3) is 3.17. The van der Waals surface area contributed by atoms with E-state index in [0.717, 1.165) is 5.39 Å².